The summed E-state index contributed by atoms with van der Waals surface area (Å²) in [6.07, 6.45) is 1.98. The molecule has 39 heavy (non-hydrogen) atoms. The number of H-pyrrole nitrogens is 1. The van der Waals surface area contributed by atoms with E-state index in [1.807, 2.05) is 70.5 Å². The summed E-state index contributed by atoms with van der Waals surface area (Å²) in [5, 5.41) is 12.3. The summed E-state index contributed by atoms with van der Waals surface area (Å²) in [5.74, 6) is 0.169. The first-order valence-electron chi connectivity index (χ1n) is 13.6. The highest BCUT2D eigenvalue weighted by atomic mass is 16.2. The van der Waals surface area contributed by atoms with Gasteiger partial charge in [-0.1, -0.05) is 48.5 Å². The van der Waals surface area contributed by atoms with Gasteiger partial charge >= 0.3 is 0 Å². The quantitative estimate of drug-likeness (QED) is 0.426. The third-order valence-corrected chi connectivity index (χ3v) is 8.24. The third-order valence-electron chi connectivity index (χ3n) is 8.24. The fourth-order valence-corrected chi connectivity index (χ4v) is 6.05. The first-order chi connectivity index (χ1) is 19.1. The van der Waals surface area contributed by atoms with E-state index < -0.39 is 0 Å². The Morgan fingerprint density at radius 3 is 2.31 bits per heavy atom. The lowest BCUT2D eigenvalue weighted by atomic mass is 9.79. The van der Waals surface area contributed by atoms with E-state index in [0.29, 0.717) is 37.1 Å². The Morgan fingerprint density at radius 2 is 1.54 bits per heavy atom. The van der Waals surface area contributed by atoms with Crippen molar-refractivity contribution in [3.05, 3.63) is 106 Å². The maximum Gasteiger partial charge on any atom is 0.272 e. The predicted molar refractivity (Wildman–Crippen MR) is 149 cm³/mol. The van der Waals surface area contributed by atoms with Gasteiger partial charge < -0.3 is 15.1 Å². The molecule has 0 spiro atoms. The van der Waals surface area contributed by atoms with Crippen molar-refractivity contribution in [1.82, 2.24) is 20.0 Å². The molecule has 0 bridgehead atoms. The van der Waals surface area contributed by atoms with Gasteiger partial charge in [0.1, 0.15) is 0 Å². The van der Waals surface area contributed by atoms with Crippen molar-refractivity contribution < 1.29 is 9.59 Å². The van der Waals surface area contributed by atoms with E-state index in [0.717, 1.165) is 40.7 Å². The number of hydrogen-bond acceptors (Lipinski definition) is 5. The van der Waals surface area contributed by atoms with Crippen LogP contribution in [0.25, 0.3) is 10.8 Å². The number of nitrogens with zero attached hydrogens (tertiary/aromatic N) is 3. The van der Waals surface area contributed by atoms with Crippen LogP contribution < -0.4 is 10.9 Å². The van der Waals surface area contributed by atoms with Crippen molar-refractivity contribution in [2.75, 3.05) is 31.5 Å². The van der Waals surface area contributed by atoms with Gasteiger partial charge in [-0.15, -0.1) is 0 Å². The summed E-state index contributed by atoms with van der Waals surface area (Å²) in [4.78, 5) is 42.4. The lowest BCUT2D eigenvalue weighted by molar-refractivity contribution is -0.134. The molecule has 1 aliphatic carbocycles. The average Bonchev–Trinajstić information content (AvgIpc) is 3.84. The minimum absolute atomic E-state index is 0.0321. The fraction of sp³-hybridized carbons (Fsp3) is 0.290. The molecule has 2 N–H and O–H groups in total. The van der Waals surface area contributed by atoms with Crippen LogP contribution in [-0.2, 0) is 4.79 Å². The second-order valence-electron chi connectivity index (χ2n) is 10.7. The number of carbonyl (C=O) groups excluding carboxylic acids is 2. The van der Waals surface area contributed by atoms with Crippen LogP contribution in [0.15, 0.2) is 77.6 Å². The zero-order valence-corrected chi connectivity index (χ0v) is 21.5. The van der Waals surface area contributed by atoms with Crippen LogP contribution >= 0.6 is 0 Å². The van der Waals surface area contributed by atoms with Crippen LogP contribution in [0.2, 0.25) is 0 Å². The van der Waals surface area contributed by atoms with Gasteiger partial charge in [-0.05, 0) is 48.2 Å². The number of carbonyl (C=O) groups is 2. The van der Waals surface area contributed by atoms with Gasteiger partial charge in [-0.2, -0.15) is 5.10 Å². The van der Waals surface area contributed by atoms with Gasteiger partial charge in [0, 0.05) is 48.7 Å². The van der Waals surface area contributed by atoms with Gasteiger partial charge in [0.25, 0.3) is 11.5 Å². The molecule has 3 aromatic carbocycles. The highest BCUT2D eigenvalue weighted by Crippen LogP contribution is 2.46. The fourth-order valence-electron chi connectivity index (χ4n) is 6.05. The monoisotopic (exact) mass is 519 g/mol. The zero-order valence-electron chi connectivity index (χ0n) is 21.5. The van der Waals surface area contributed by atoms with Crippen LogP contribution in [0, 0.1) is 5.92 Å². The minimum Gasteiger partial charge on any atom is -0.377 e. The maximum absolute atomic E-state index is 13.6. The van der Waals surface area contributed by atoms with Gasteiger partial charge in [0.15, 0.2) is 0 Å². The molecule has 2 fully saturated rings. The van der Waals surface area contributed by atoms with Gasteiger partial charge in [-0.25, -0.2) is 5.10 Å². The van der Waals surface area contributed by atoms with Crippen molar-refractivity contribution in [3.63, 3.8) is 0 Å². The standard InChI is InChI=1S/C31H29N5O3/c37-29-23-10-5-11-24-26(23)28(33-34-29)25(27(32-24)19-6-2-1-3-7-19)21-8-4-9-22(18-21)31(39)36-16-14-35(15-17-36)30(38)20-12-13-20/h1-11,18,20,25,27,32H,12-17H2,(H,34,37). The largest absolute Gasteiger partial charge is 0.377 e. The van der Waals surface area contributed by atoms with E-state index in [-0.39, 0.29) is 35.3 Å². The summed E-state index contributed by atoms with van der Waals surface area (Å²) in [6, 6.07) is 23.5. The highest BCUT2D eigenvalue weighted by Gasteiger charge is 2.37. The number of piperazine rings is 1. The number of anilines is 1. The minimum atomic E-state index is -0.234. The summed E-state index contributed by atoms with van der Waals surface area (Å²) in [7, 11) is 0. The summed E-state index contributed by atoms with van der Waals surface area (Å²) in [6.45, 7) is 2.24. The van der Waals surface area contributed by atoms with E-state index in [1.165, 1.54) is 0 Å². The van der Waals surface area contributed by atoms with Gasteiger partial charge in [0.05, 0.1) is 23.0 Å². The average molecular weight is 520 g/mol. The Bertz CT molecular complexity index is 1640. The lowest BCUT2D eigenvalue weighted by Crippen LogP contribution is -2.51. The Kier molecular flexibility index (Phi) is 5.68. The van der Waals surface area contributed by atoms with E-state index in [4.69, 9.17) is 0 Å². The number of benzene rings is 3. The molecule has 0 radical (unpaired) electrons. The van der Waals surface area contributed by atoms with E-state index in [1.54, 1.807) is 0 Å². The van der Waals surface area contributed by atoms with Crippen molar-refractivity contribution >= 4 is 28.3 Å². The predicted octanol–water partition coefficient (Wildman–Crippen LogP) is 3.92. The molecular weight excluding hydrogens is 490 g/mol. The molecule has 1 aromatic heterocycles. The molecule has 1 saturated heterocycles. The molecule has 8 heteroatoms. The van der Waals surface area contributed by atoms with Crippen LogP contribution in [0.3, 0.4) is 0 Å². The summed E-state index contributed by atoms with van der Waals surface area (Å²) < 4.78 is 0. The SMILES string of the molecule is O=C(c1cccc(C2c3n[nH]c(=O)c4cccc(c34)NC2c2ccccc2)c1)N1CCN(C(=O)C2CC2)CC1. The van der Waals surface area contributed by atoms with Crippen molar-refractivity contribution in [3.8, 4) is 0 Å². The zero-order chi connectivity index (χ0) is 26.5. The third kappa shape index (κ3) is 4.16. The van der Waals surface area contributed by atoms with Crippen molar-refractivity contribution in [1.29, 1.82) is 0 Å². The highest BCUT2D eigenvalue weighted by molar-refractivity contribution is 5.98. The first-order valence-corrected chi connectivity index (χ1v) is 13.6. The number of aromatic nitrogens is 2. The van der Waals surface area contributed by atoms with Crippen molar-refractivity contribution in [2.45, 2.75) is 24.8 Å². The molecule has 3 heterocycles. The van der Waals surface area contributed by atoms with E-state index >= 15 is 0 Å². The Morgan fingerprint density at radius 1 is 0.821 bits per heavy atom. The number of nitrogens with one attached hydrogen (secondary N) is 2. The van der Waals surface area contributed by atoms with E-state index in [9.17, 15) is 14.4 Å². The van der Waals surface area contributed by atoms with Crippen LogP contribution in [0.1, 0.15) is 52.0 Å². The molecule has 2 unspecified atom stereocenters. The molecule has 8 nitrogen and oxygen atoms in total. The topological polar surface area (TPSA) is 98.4 Å². The number of hydrogen-bond donors (Lipinski definition) is 2. The van der Waals surface area contributed by atoms with Crippen LogP contribution in [0.4, 0.5) is 5.69 Å². The molecule has 4 aromatic rings. The smallest absolute Gasteiger partial charge is 0.272 e. The van der Waals surface area contributed by atoms with E-state index in [2.05, 4.69) is 27.6 Å². The second-order valence-corrected chi connectivity index (χ2v) is 10.7. The molecule has 1 saturated carbocycles. The number of amides is 2. The summed E-state index contributed by atoms with van der Waals surface area (Å²) >= 11 is 0. The van der Waals surface area contributed by atoms with Crippen LogP contribution in [0.5, 0.6) is 0 Å². The second kappa shape index (κ2) is 9.38. The maximum atomic E-state index is 13.6. The molecule has 2 aliphatic heterocycles. The Labute approximate surface area is 225 Å². The molecule has 2 atom stereocenters. The molecule has 2 amide bonds. The Balaban J connectivity index is 1.24. The molecule has 3 aliphatic rings. The Hall–Kier alpha value is -4.46. The lowest BCUT2D eigenvalue weighted by Gasteiger charge is -2.36. The first kappa shape index (κ1) is 23.6. The van der Waals surface area contributed by atoms with Gasteiger partial charge in [0.2, 0.25) is 5.91 Å². The van der Waals surface area contributed by atoms with Crippen LogP contribution in [-0.4, -0.2) is 58.0 Å². The summed E-state index contributed by atoms with van der Waals surface area (Å²) in [5.41, 5.74) is 4.08. The van der Waals surface area contributed by atoms with Crippen molar-refractivity contribution in [2.24, 2.45) is 5.92 Å². The molecular formula is C31H29N5O3. The normalized spacial score (nSPS) is 20.5. The molecule has 7 rings (SSSR count). The van der Waals surface area contributed by atoms with Gasteiger partial charge in [-0.3, -0.25) is 14.4 Å². The number of rotatable bonds is 4. The number of aromatic amines is 1. The molecule has 196 valence electrons.